The van der Waals surface area contributed by atoms with E-state index >= 15 is 0 Å². The fraction of sp³-hybridized carbons (Fsp3) is 0.258. The summed E-state index contributed by atoms with van der Waals surface area (Å²) in [6, 6.07) is 17.0. The minimum Gasteiger partial charge on any atom is -0.310 e. The maximum absolute atomic E-state index is 12.2. The van der Waals surface area contributed by atoms with Crippen molar-refractivity contribution in [2.45, 2.75) is 12.8 Å². The minimum atomic E-state index is -0.181. The first-order chi connectivity index (χ1) is 21.5. The molecule has 2 saturated heterocycles. The molecule has 0 saturated carbocycles. The molecule has 5 heterocycles. The molecule has 2 atom stereocenters. The number of amides is 2. The number of rotatable bonds is 6. The number of benzene rings is 1. The van der Waals surface area contributed by atoms with Gasteiger partial charge >= 0.3 is 0 Å². The summed E-state index contributed by atoms with van der Waals surface area (Å²) in [5, 5.41) is 31.2. The van der Waals surface area contributed by atoms with Crippen LogP contribution in [0.4, 0.5) is 11.6 Å². The third kappa shape index (κ3) is 7.66. The molecule has 3 aromatic heterocycles. The third-order valence-corrected chi connectivity index (χ3v) is 7.31. The Labute approximate surface area is 254 Å². The summed E-state index contributed by atoms with van der Waals surface area (Å²) in [5.41, 5.74) is 3.54. The maximum Gasteiger partial charge on any atom is 0.230 e. The molecule has 0 bridgehead atoms. The van der Waals surface area contributed by atoms with Crippen LogP contribution in [0.25, 0.3) is 22.4 Å². The number of carbonyl (C=O) groups is 2. The van der Waals surface area contributed by atoms with Crippen LogP contribution >= 0.6 is 0 Å². The predicted octanol–water partition coefficient (Wildman–Crippen LogP) is 3.17. The second-order valence-corrected chi connectivity index (χ2v) is 10.3. The lowest BCUT2D eigenvalue weighted by atomic mass is 10.1. The van der Waals surface area contributed by atoms with E-state index in [2.05, 4.69) is 48.2 Å². The van der Waals surface area contributed by atoms with Gasteiger partial charge in [-0.2, -0.15) is 15.6 Å². The van der Waals surface area contributed by atoms with E-state index in [0.29, 0.717) is 50.7 Å². The Balaban J connectivity index is 0.000000175. The van der Waals surface area contributed by atoms with E-state index in [-0.39, 0.29) is 23.7 Å². The summed E-state index contributed by atoms with van der Waals surface area (Å²) in [7, 11) is 0. The van der Waals surface area contributed by atoms with Crippen LogP contribution in [0.1, 0.15) is 12.8 Å². The van der Waals surface area contributed by atoms with Crippen LogP contribution in [0.5, 0.6) is 0 Å². The molecular weight excluding hydrogens is 558 g/mol. The van der Waals surface area contributed by atoms with Crippen molar-refractivity contribution in [2.75, 3.05) is 36.8 Å². The highest BCUT2D eigenvalue weighted by molar-refractivity contribution is 5.93. The third-order valence-electron chi connectivity index (χ3n) is 7.31. The monoisotopic (exact) mass is 587 g/mol. The Bertz CT molecular complexity index is 1550. The zero-order valence-corrected chi connectivity index (χ0v) is 23.7. The molecule has 6 rings (SSSR count). The number of aromatic nitrogens is 5. The van der Waals surface area contributed by atoms with Gasteiger partial charge in [0, 0.05) is 55.8 Å². The van der Waals surface area contributed by atoms with Gasteiger partial charge in [0.05, 0.1) is 23.7 Å². The normalized spacial score (nSPS) is 17.0. The molecule has 13 heteroatoms. The molecule has 1 aromatic carbocycles. The molecule has 2 aliphatic rings. The molecule has 4 aromatic rings. The average molecular weight is 588 g/mol. The van der Waals surface area contributed by atoms with E-state index in [1.54, 1.807) is 40.5 Å². The van der Waals surface area contributed by atoms with Crippen molar-refractivity contribution in [3.63, 3.8) is 0 Å². The number of nitrogens with zero attached hydrogens (tertiary/aromatic N) is 9. The summed E-state index contributed by atoms with van der Waals surface area (Å²) in [6.45, 7) is 2.18. The molecule has 44 heavy (non-hydrogen) atoms. The molecule has 2 N–H and O–H groups in total. The van der Waals surface area contributed by atoms with Gasteiger partial charge in [-0.05, 0) is 36.6 Å². The van der Waals surface area contributed by atoms with Gasteiger partial charge in [0.2, 0.25) is 11.8 Å². The van der Waals surface area contributed by atoms with E-state index in [1.165, 1.54) is 6.33 Å². The summed E-state index contributed by atoms with van der Waals surface area (Å²) in [6.07, 6.45) is 12.0. The minimum absolute atomic E-state index is 0.114. The second kappa shape index (κ2) is 14.3. The Morgan fingerprint density at radius 1 is 0.773 bits per heavy atom. The molecule has 220 valence electrons. The Hall–Kier alpha value is -5.95. The smallest absolute Gasteiger partial charge is 0.230 e. The van der Waals surface area contributed by atoms with Gasteiger partial charge in [-0.3, -0.25) is 14.6 Å². The van der Waals surface area contributed by atoms with Crippen LogP contribution < -0.4 is 10.6 Å². The fourth-order valence-corrected chi connectivity index (χ4v) is 4.91. The number of pyridine rings is 1. The lowest BCUT2D eigenvalue weighted by Crippen LogP contribution is -2.25. The number of anilines is 2. The lowest BCUT2D eigenvalue weighted by Gasteiger charge is -2.10. The number of hydrogen-bond donors (Lipinski definition) is 2. The highest BCUT2D eigenvalue weighted by atomic mass is 16.2. The molecule has 13 nitrogen and oxygen atoms in total. The van der Waals surface area contributed by atoms with Crippen LogP contribution in [0.2, 0.25) is 0 Å². The maximum atomic E-state index is 12.2. The number of nitriles is 2. The van der Waals surface area contributed by atoms with Gasteiger partial charge < -0.3 is 20.4 Å². The van der Waals surface area contributed by atoms with Gasteiger partial charge in [-0.25, -0.2) is 9.97 Å². The Morgan fingerprint density at radius 2 is 1.41 bits per heavy atom. The van der Waals surface area contributed by atoms with Crippen molar-refractivity contribution >= 4 is 23.5 Å². The van der Waals surface area contributed by atoms with Gasteiger partial charge in [-0.15, -0.1) is 5.10 Å². The van der Waals surface area contributed by atoms with E-state index < -0.39 is 0 Å². The largest absolute Gasteiger partial charge is 0.310 e. The Kier molecular flexibility index (Phi) is 9.59. The quantitative estimate of drug-likeness (QED) is 0.317. The second-order valence-electron chi connectivity index (χ2n) is 10.3. The van der Waals surface area contributed by atoms with E-state index in [4.69, 9.17) is 10.5 Å². The SMILES string of the molecule is N#CN1CC[C@H](C(=O)Nc2cc(-c3ccccc3)cnn2)C1.N#CN1CC[C@H](C(=O)Nc2cc(-c3ccncc3)ncn2)C1. The van der Waals surface area contributed by atoms with E-state index in [1.807, 2.05) is 42.5 Å². The van der Waals surface area contributed by atoms with Crippen molar-refractivity contribution in [3.05, 3.63) is 79.5 Å². The fourth-order valence-electron chi connectivity index (χ4n) is 4.91. The first kappa shape index (κ1) is 29.5. The van der Waals surface area contributed by atoms with Crippen molar-refractivity contribution in [3.8, 4) is 34.8 Å². The first-order valence-electron chi connectivity index (χ1n) is 14.0. The molecule has 0 radical (unpaired) electrons. The average Bonchev–Trinajstić information content (AvgIpc) is 3.77. The standard InChI is InChI=1S/C16H15N5O.C15H14N6O/c17-11-21-7-6-13(10-21)16(22)19-15-8-14(9-18-20-15)12-4-2-1-3-5-12;16-9-21-6-3-12(8-21)15(22)20-14-7-13(18-10-19-14)11-1-4-17-5-2-11/h1-5,8-9,13H,6-7,10H2,(H,19,20,22);1-2,4-5,7,10,12H,3,6,8H2,(H,18,19,20,22)/t13-;12-/m00/s1. The summed E-state index contributed by atoms with van der Waals surface area (Å²) < 4.78 is 0. The van der Waals surface area contributed by atoms with Gasteiger partial charge in [0.25, 0.3) is 0 Å². The number of likely N-dealkylation sites (tertiary alicyclic amines) is 2. The highest BCUT2D eigenvalue weighted by Gasteiger charge is 2.29. The molecule has 2 fully saturated rings. The zero-order chi connectivity index (χ0) is 30.7. The van der Waals surface area contributed by atoms with Crippen LogP contribution in [-0.4, -0.2) is 72.9 Å². The van der Waals surface area contributed by atoms with Crippen molar-refractivity contribution in [2.24, 2.45) is 11.8 Å². The van der Waals surface area contributed by atoms with E-state index in [9.17, 15) is 9.59 Å². The Morgan fingerprint density at radius 3 is 2.02 bits per heavy atom. The van der Waals surface area contributed by atoms with Crippen molar-refractivity contribution in [1.82, 2.24) is 34.9 Å². The molecule has 2 amide bonds. The zero-order valence-electron chi connectivity index (χ0n) is 23.7. The van der Waals surface area contributed by atoms with E-state index in [0.717, 1.165) is 22.4 Å². The van der Waals surface area contributed by atoms with Gasteiger partial charge in [0.15, 0.2) is 18.2 Å². The summed E-state index contributed by atoms with van der Waals surface area (Å²) in [5.74, 6) is 0.305. The van der Waals surface area contributed by atoms with Gasteiger partial charge in [0.1, 0.15) is 12.1 Å². The topological polar surface area (TPSA) is 177 Å². The first-order valence-corrected chi connectivity index (χ1v) is 14.0. The van der Waals surface area contributed by atoms with Crippen molar-refractivity contribution in [1.29, 1.82) is 10.5 Å². The van der Waals surface area contributed by atoms with Crippen LogP contribution in [0.15, 0.2) is 79.5 Å². The number of nitrogens with one attached hydrogen (secondary N) is 2. The number of hydrogen-bond acceptors (Lipinski definition) is 11. The molecular formula is C31H29N11O2. The van der Waals surface area contributed by atoms with Crippen LogP contribution in [0.3, 0.4) is 0 Å². The summed E-state index contributed by atoms with van der Waals surface area (Å²) >= 11 is 0. The molecule has 2 aliphatic heterocycles. The highest BCUT2D eigenvalue weighted by Crippen LogP contribution is 2.22. The van der Waals surface area contributed by atoms with Gasteiger partial charge in [-0.1, -0.05) is 30.3 Å². The van der Waals surface area contributed by atoms with Crippen molar-refractivity contribution < 1.29 is 9.59 Å². The predicted molar refractivity (Wildman–Crippen MR) is 161 cm³/mol. The molecule has 0 unspecified atom stereocenters. The molecule has 0 spiro atoms. The molecule has 0 aliphatic carbocycles. The summed E-state index contributed by atoms with van der Waals surface area (Å²) in [4.78, 5) is 39.8. The van der Waals surface area contributed by atoms with Crippen LogP contribution in [-0.2, 0) is 9.59 Å². The lowest BCUT2D eigenvalue weighted by molar-refractivity contribution is -0.120. The van der Waals surface area contributed by atoms with Crippen LogP contribution in [0, 0.1) is 34.7 Å². The number of carbonyl (C=O) groups excluding carboxylic acids is 2.